The molecule has 0 saturated heterocycles. The number of fused-ring (bicyclic) bond motifs is 3. The van der Waals surface area contributed by atoms with Gasteiger partial charge in [-0.1, -0.05) is 12.1 Å². The van der Waals surface area contributed by atoms with E-state index in [1.54, 1.807) is 41.3 Å². The molecule has 1 aliphatic rings. The Kier molecular flexibility index (Phi) is 5.07. The molecule has 4 aromatic heterocycles. The number of aromatic nitrogens is 5. The second-order valence-corrected chi connectivity index (χ2v) is 9.00. The quantitative estimate of drug-likeness (QED) is 0.368. The van der Waals surface area contributed by atoms with Gasteiger partial charge in [-0.2, -0.15) is 5.10 Å². The number of hydrogen-bond acceptors (Lipinski definition) is 5. The van der Waals surface area contributed by atoms with Crippen molar-refractivity contribution >= 4 is 27.8 Å². The van der Waals surface area contributed by atoms with Crippen molar-refractivity contribution in [2.24, 2.45) is 7.05 Å². The first kappa shape index (κ1) is 21.4. The fraction of sp³-hybridized carbons (Fsp3) is 0.231. The van der Waals surface area contributed by atoms with Crippen LogP contribution in [0.25, 0.3) is 44.3 Å². The molecule has 1 fully saturated rings. The summed E-state index contributed by atoms with van der Waals surface area (Å²) in [5.74, 6) is -0.702. The molecule has 0 radical (unpaired) electrons. The van der Waals surface area contributed by atoms with E-state index in [0.717, 1.165) is 35.0 Å². The number of aryl methyl sites for hydroxylation is 1. The molecule has 1 aliphatic carbocycles. The minimum Gasteiger partial charge on any atom is -0.391 e. The zero-order chi connectivity index (χ0) is 24.1. The van der Waals surface area contributed by atoms with Gasteiger partial charge in [-0.3, -0.25) is 14.5 Å². The van der Waals surface area contributed by atoms with Crippen LogP contribution in [0.3, 0.4) is 0 Å². The van der Waals surface area contributed by atoms with Crippen LogP contribution < -0.4 is 5.32 Å². The molecule has 0 aliphatic heterocycles. The molecule has 0 bridgehead atoms. The van der Waals surface area contributed by atoms with Crippen molar-refractivity contribution in [3.8, 4) is 22.4 Å². The number of aliphatic hydroxyl groups is 1. The maximum absolute atomic E-state index is 15.2. The number of pyridine rings is 2. The van der Waals surface area contributed by atoms with Gasteiger partial charge in [0.05, 0.1) is 41.9 Å². The van der Waals surface area contributed by atoms with Crippen LogP contribution in [-0.2, 0) is 7.05 Å². The smallest absolute Gasteiger partial charge is 0.251 e. The fourth-order valence-electron chi connectivity index (χ4n) is 4.88. The number of carbonyl (C=O) groups is 1. The first-order valence-corrected chi connectivity index (χ1v) is 11.5. The molecule has 176 valence electrons. The van der Waals surface area contributed by atoms with Crippen LogP contribution in [0.4, 0.5) is 4.39 Å². The van der Waals surface area contributed by atoms with Crippen LogP contribution in [0.1, 0.15) is 29.6 Å². The second kappa shape index (κ2) is 8.28. The predicted molar refractivity (Wildman–Crippen MR) is 130 cm³/mol. The summed E-state index contributed by atoms with van der Waals surface area (Å²) in [6.07, 6.45) is 8.37. The number of aromatic amines is 1. The second-order valence-electron chi connectivity index (χ2n) is 9.00. The molecule has 4 heterocycles. The van der Waals surface area contributed by atoms with Gasteiger partial charge >= 0.3 is 0 Å². The normalized spacial score (nSPS) is 17.9. The van der Waals surface area contributed by atoms with Crippen molar-refractivity contribution in [1.29, 1.82) is 0 Å². The number of nitrogens with one attached hydrogen (secondary N) is 2. The Balaban J connectivity index is 1.41. The molecule has 6 rings (SSSR count). The van der Waals surface area contributed by atoms with Gasteiger partial charge in [0.25, 0.3) is 5.91 Å². The van der Waals surface area contributed by atoms with E-state index in [1.165, 1.54) is 6.20 Å². The number of halogens is 1. The lowest BCUT2D eigenvalue weighted by molar-refractivity contribution is 0.0873. The van der Waals surface area contributed by atoms with E-state index in [2.05, 4.69) is 25.4 Å². The van der Waals surface area contributed by atoms with E-state index in [-0.39, 0.29) is 11.9 Å². The van der Waals surface area contributed by atoms with Crippen LogP contribution in [0, 0.1) is 5.82 Å². The Labute approximate surface area is 199 Å². The van der Waals surface area contributed by atoms with Crippen molar-refractivity contribution in [2.75, 3.05) is 0 Å². The summed E-state index contributed by atoms with van der Waals surface area (Å²) in [6, 6.07) is 8.50. The number of benzene rings is 1. The van der Waals surface area contributed by atoms with E-state index in [9.17, 15) is 9.90 Å². The first-order valence-electron chi connectivity index (χ1n) is 11.5. The minimum absolute atomic E-state index is 0.228. The largest absolute Gasteiger partial charge is 0.391 e. The van der Waals surface area contributed by atoms with Crippen LogP contribution in [0.2, 0.25) is 0 Å². The Morgan fingerprint density at radius 1 is 1.14 bits per heavy atom. The molecule has 1 aromatic carbocycles. The average molecular weight is 471 g/mol. The predicted octanol–water partition coefficient (Wildman–Crippen LogP) is 3.96. The standard InChI is InChI=1S/C26H23FN6O2/c1-33-13-16(10-30-33)20-9-17-21(12-28-20)31-25-24(17)23(18(27)11-29-25)14-5-7-15(8-6-14)26(35)32-19-3-2-4-22(19)34/h5-13,19,22,34H,2-4H2,1H3,(H,29,31)(H,32,35)/t19-,22-/m0/s1. The number of hydrogen-bond donors (Lipinski definition) is 3. The number of H-pyrrole nitrogens is 1. The molecule has 35 heavy (non-hydrogen) atoms. The third-order valence-electron chi connectivity index (χ3n) is 6.69. The summed E-state index contributed by atoms with van der Waals surface area (Å²) in [5.41, 5.74) is 4.38. The minimum atomic E-state index is -0.509. The van der Waals surface area contributed by atoms with E-state index >= 15 is 4.39 Å². The highest BCUT2D eigenvalue weighted by molar-refractivity contribution is 6.13. The summed E-state index contributed by atoms with van der Waals surface area (Å²) in [6.45, 7) is 0. The monoisotopic (exact) mass is 470 g/mol. The molecule has 5 aromatic rings. The van der Waals surface area contributed by atoms with Gasteiger partial charge in [-0.25, -0.2) is 9.37 Å². The number of nitrogens with zero attached hydrogens (tertiary/aromatic N) is 4. The van der Waals surface area contributed by atoms with Crippen molar-refractivity contribution in [1.82, 2.24) is 30.0 Å². The highest BCUT2D eigenvalue weighted by atomic mass is 19.1. The van der Waals surface area contributed by atoms with Crippen molar-refractivity contribution in [3.05, 3.63) is 66.5 Å². The Morgan fingerprint density at radius 3 is 2.69 bits per heavy atom. The van der Waals surface area contributed by atoms with Gasteiger partial charge in [-0.05, 0) is 43.0 Å². The average Bonchev–Trinajstić information content (AvgIpc) is 3.57. The zero-order valence-corrected chi connectivity index (χ0v) is 19.0. The third-order valence-corrected chi connectivity index (χ3v) is 6.69. The van der Waals surface area contributed by atoms with Gasteiger partial charge < -0.3 is 15.4 Å². The summed E-state index contributed by atoms with van der Waals surface area (Å²) < 4.78 is 16.9. The van der Waals surface area contributed by atoms with Crippen molar-refractivity contribution in [2.45, 2.75) is 31.4 Å². The van der Waals surface area contributed by atoms with Crippen LogP contribution in [0.15, 0.2) is 55.1 Å². The summed E-state index contributed by atoms with van der Waals surface area (Å²) in [5, 5.41) is 18.6. The number of aliphatic hydroxyl groups excluding tert-OH is 1. The first-order chi connectivity index (χ1) is 17.0. The maximum Gasteiger partial charge on any atom is 0.251 e. The summed E-state index contributed by atoms with van der Waals surface area (Å²) in [4.78, 5) is 24.7. The fourth-order valence-corrected chi connectivity index (χ4v) is 4.88. The highest BCUT2D eigenvalue weighted by Crippen LogP contribution is 2.36. The Hall–Kier alpha value is -4.11. The van der Waals surface area contributed by atoms with Gasteiger partial charge in [0, 0.05) is 40.7 Å². The number of rotatable bonds is 4. The van der Waals surface area contributed by atoms with Gasteiger partial charge in [0.15, 0.2) is 0 Å². The Bertz CT molecular complexity index is 1570. The van der Waals surface area contributed by atoms with Gasteiger partial charge in [0.2, 0.25) is 0 Å². The molecular formula is C26H23FN6O2. The number of amides is 1. The van der Waals surface area contributed by atoms with Gasteiger partial charge in [-0.15, -0.1) is 0 Å². The maximum atomic E-state index is 15.2. The van der Waals surface area contributed by atoms with Crippen LogP contribution in [0.5, 0.6) is 0 Å². The van der Waals surface area contributed by atoms with Crippen molar-refractivity contribution in [3.63, 3.8) is 0 Å². The van der Waals surface area contributed by atoms with Crippen molar-refractivity contribution < 1.29 is 14.3 Å². The highest BCUT2D eigenvalue weighted by Gasteiger charge is 2.27. The Morgan fingerprint density at radius 2 is 1.97 bits per heavy atom. The van der Waals surface area contributed by atoms with E-state index in [1.807, 2.05) is 19.3 Å². The van der Waals surface area contributed by atoms with E-state index < -0.39 is 11.9 Å². The van der Waals surface area contributed by atoms with E-state index in [0.29, 0.717) is 34.1 Å². The molecule has 0 unspecified atom stereocenters. The third kappa shape index (κ3) is 3.74. The lowest BCUT2D eigenvalue weighted by atomic mass is 9.99. The molecule has 3 N–H and O–H groups in total. The summed E-state index contributed by atoms with van der Waals surface area (Å²) >= 11 is 0. The SMILES string of the molecule is Cn1cc(-c2cc3c(cn2)[nH]c2ncc(F)c(-c4ccc(C(=O)N[C@H]5CCC[C@@H]5O)cc4)c23)cn1. The number of carbonyl (C=O) groups excluding carboxylic acids is 1. The molecule has 0 spiro atoms. The lowest BCUT2D eigenvalue weighted by Gasteiger charge is -2.16. The molecule has 1 saturated carbocycles. The molecule has 8 nitrogen and oxygen atoms in total. The summed E-state index contributed by atoms with van der Waals surface area (Å²) in [7, 11) is 1.84. The van der Waals surface area contributed by atoms with Crippen LogP contribution in [-0.4, -0.2) is 47.9 Å². The molecule has 1 amide bonds. The van der Waals surface area contributed by atoms with Gasteiger partial charge in [0.1, 0.15) is 11.5 Å². The molecule has 9 heteroatoms. The van der Waals surface area contributed by atoms with Crippen LogP contribution >= 0.6 is 0 Å². The topological polar surface area (TPSA) is 109 Å². The zero-order valence-electron chi connectivity index (χ0n) is 19.0. The lowest BCUT2D eigenvalue weighted by Crippen LogP contribution is -2.39. The molecule has 2 atom stereocenters. The molecular weight excluding hydrogens is 447 g/mol. The van der Waals surface area contributed by atoms with E-state index in [4.69, 9.17) is 0 Å².